The first kappa shape index (κ1) is 14.0. The molecule has 96 valence electrons. The lowest BCUT2D eigenvalue weighted by Crippen LogP contribution is -2.50. The van der Waals surface area contributed by atoms with Crippen molar-refractivity contribution < 1.29 is 9.84 Å². The van der Waals surface area contributed by atoms with Crippen molar-refractivity contribution in [2.75, 3.05) is 19.8 Å². The van der Waals surface area contributed by atoms with E-state index < -0.39 is 0 Å². The molecule has 0 aliphatic rings. The van der Waals surface area contributed by atoms with Gasteiger partial charge in [-0.05, 0) is 44.5 Å². The fourth-order valence-corrected chi connectivity index (χ4v) is 1.70. The molecule has 3 heteroatoms. The molecule has 0 bridgehead atoms. The lowest BCUT2D eigenvalue weighted by Gasteiger charge is -2.28. The molecule has 0 heterocycles. The smallest absolute Gasteiger partial charge is 0.122 e. The van der Waals surface area contributed by atoms with Gasteiger partial charge in [0.2, 0.25) is 0 Å². The molecule has 0 saturated carbocycles. The molecule has 0 amide bonds. The SMILES string of the molecule is CCNC(C)(CO)COc1cccc(C)c1C. The third kappa shape index (κ3) is 3.72. The maximum absolute atomic E-state index is 9.38. The van der Waals surface area contributed by atoms with Crippen LogP contribution in [0.1, 0.15) is 25.0 Å². The lowest BCUT2D eigenvalue weighted by molar-refractivity contribution is 0.117. The number of rotatable bonds is 6. The molecule has 1 rings (SSSR count). The minimum atomic E-state index is -0.384. The zero-order valence-corrected chi connectivity index (χ0v) is 11.2. The number of aryl methyl sites for hydroxylation is 1. The van der Waals surface area contributed by atoms with Gasteiger partial charge in [-0.15, -0.1) is 0 Å². The number of nitrogens with one attached hydrogen (secondary N) is 1. The van der Waals surface area contributed by atoms with E-state index in [4.69, 9.17) is 4.74 Å². The van der Waals surface area contributed by atoms with Crippen molar-refractivity contribution in [2.45, 2.75) is 33.2 Å². The number of ether oxygens (including phenoxy) is 1. The molecule has 0 saturated heterocycles. The van der Waals surface area contributed by atoms with Gasteiger partial charge in [0.1, 0.15) is 12.4 Å². The summed E-state index contributed by atoms with van der Waals surface area (Å²) >= 11 is 0. The molecule has 0 fully saturated rings. The van der Waals surface area contributed by atoms with Gasteiger partial charge in [-0.25, -0.2) is 0 Å². The summed E-state index contributed by atoms with van der Waals surface area (Å²) in [6.07, 6.45) is 0. The number of aliphatic hydroxyl groups is 1. The predicted molar refractivity (Wildman–Crippen MR) is 70.6 cm³/mol. The van der Waals surface area contributed by atoms with Crippen LogP contribution in [0.25, 0.3) is 0 Å². The zero-order chi connectivity index (χ0) is 12.9. The maximum Gasteiger partial charge on any atom is 0.122 e. The molecule has 1 unspecified atom stereocenters. The molecular formula is C14H23NO2. The Morgan fingerprint density at radius 2 is 2.06 bits per heavy atom. The minimum Gasteiger partial charge on any atom is -0.491 e. The van der Waals surface area contributed by atoms with Crippen molar-refractivity contribution in [3.05, 3.63) is 29.3 Å². The maximum atomic E-state index is 9.38. The van der Waals surface area contributed by atoms with E-state index in [0.717, 1.165) is 17.9 Å². The van der Waals surface area contributed by atoms with E-state index >= 15 is 0 Å². The van der Waals surface area contributed by atoms with Gasteiger partial charge in [0, 0.05) is 0 Å². The van der Waals surface area contributed by atoms with E-state index in [1.807, 2.05) is 32.9 Å². The van der Waals surface area contributed by atoms with Gasteiger partial charge in [-0.1, -0.05) is 19.1 Å². The number of benzene rings is 1. The summed E-state index contributed by atoms with van der Waals surface area (Å²) in [5, 5.41) is 12.6. The molecular weight excluding hydrogens is 214 g/mol. The van der Waals surface area contributed by atoms with Crippen LogP contribution in [-0.2, 0) is 0 Å². The molecule has 0 aliphatic carbocycles. The van der Waals surface area contributed by atoms with Crippen molar-refractivity contribution >= 4 is 0 Å². The molecule has 0 radical (unpaired) electrons. The van der Waals surface area contributed by atoms with Gasteiger partial charge >= 0.3 is 0 Å². The Labute approximate surface area is 104 Å². The van der Waals surface area contributed by atoms with Crippen LogP contribution >= 0.6 is 0 Å². The summed E-state index contributed by atoms with van der Waals surface area (Å²) < 4.78 is 5.80. The first-order chi connectivity index (χ1) is 8.02. The number of likely N-dealkylation sites (N-methyl/N-ethyl adjacent to an activating group) is 1. The first-order valence-electron chi connectivity index (χ1n) is 6.07. The number of hydrogen-bond acceptors (Lipinski definition) is 3. The van der Waals surface area contributed by atoms with Gasteiger partial charge in [-0.3, -0.25) is 0 Å². The number of aliphatic hydroxyl groups excluding tert-OH is 1. The van der Waals surface area contributed by atoms with Crippen molar-refractivity contribution in [3.8, 4) is 5.75 Å². The molecule has 17 heavy (non-hydrogen) atoms. The average molecular weight is 237 g/mol. The van der Waals surface area contributed by atoms with Crippen LogP contribution in [0.15, 0.2) is 18.2 Å². The Morgan fingerprint density at radius 3 is 2.65 bits per heavy atom. The molecule has 3 nitrogen and oxygen atoms in total. The van der Waals surface area contributed by atoms with Gasteiger partial charge in [0.05, 0.1) is 12.1 Å². The van der Waals surface area contributed by atoms with Crippen molar-refractivity contribution in [1.82, 2.24) is 5.32 Å². The van der Waals surface area contributed by atoms with Crippen LogP contribution in [-0.4, -0.2) is 30.4 Å². The second kappa shape index (κ2) is 6.03. The van der Waals surface area contributed by atoms with Crippen LogP contribution in [0.4, 0.5) is 0 Å². The Hall–Kier alpha value is -1.06. The fraction of sp³-hybridized carbons (Fsp3) is 0.571. The Morgan fingerprint density at radius 1 is 1.35 bits per heavy atom. The molecule has 0 spiro atoms. The zero-order valence-electron chi connectivity index (χ0n) is 11.2. The van der Waals surface area contributed by atoms with E-state index in [1.165, 1.54) is 5.56 Å². The highest BCUT2D eigenvalue weighted by atomic mass is 16.5. The second-order valence-electron chi connectivity index (χ2n) is 4.74. The topological polar surface area (TPSA) is 41.5 Å². The van der Waals surface area contributed by atoms with Crippen LogP contribution < -0.4 is 10.1 Å². The standard InChI is InChI=1S/C14H23NO2/c1-5-15-14(4,9-16)10-17-13-8-6-7-11(2)12(13)3/h6-8,15-16H,5,9-10H2,1-4H3. The van der Waals surface area contributed by atoms with Crippen molar-refractivity contribution in [2.24, 2.45) is 0 Å². The summed E-state index contributed by atoms with van der Waals surface area (Å²) in [4.78, 5) is 0. The molecule has 0 aliphatic heterocycles. The van der Waals surface area contributed by atoms with E-state index in [9.17, 15) is 5.11 Å². The average Bonchev–Trinajstić information content (AvgIpc) is 2.31. The largest absolute Gasteiger partial charge is 0.491 e. The normalized spacial score (nSPS) is 14.4. The third-order valence-electron chi connectivity index (χ3n) is 3.05. The van der Waals surface area contributed by atoms with Crippen LogP contribution in [0.5, 0.6) is 5.75 Å². The van der Waals surface area contributed by atoms with Gasteiger partial charge in [0.15, 0.2) is 0 Å². The van der Waals surface area contributed by atoms with E-state index in [2.05, 4.69) is 18.3 Å². The summed E-state index contributed by atoms with van der Waals surface area (Å²) in [7, 11) is 0. The van der Waals surface area contributed by atoms with E-state index in [0.29, 0.717) is 6.61 Å². The quantitative estimate of drug-likeness (QED) is 0.795. The van der Waals surface area contributed by atoms with Crippen LogP contribution in [0, 0.1) is 13.8 Å². The molecule has 1 atom stereocenters. The third-order valence-corrected chi connectivity index (χ3v) is 3.05. The first-order valence-corrected chi connectivity index (χ1v) is 6.07. The van der Waals surface area contributed by atoms with Gasteiger partial charge < -0.3 is 15.2 Å². The van der Waals surface area contributed by atoms with Gasteiger partial charge in [-0.2, -0.15) is 0 Å². The van der Waals surface area contributed by atoms with E-state index in [1.54, 1.807) is 0 Å². The summed E-state index contributed by atoms with van der Waals surface area (Å²) in [5.74, 6) is 0.891. The Bertz CT molecular complexity index is 365. The lowest BCUT2D eigenvalue weighted by atomic mass is 10.1. The van der Waals surface area contributed by atoms with E-state index in [-0.39, 0.29) is 12.1 Å². The summed E-state index contributed by atoms with van der Waals surface area (Å²) in [6, 6.07) is 6.02. The highest BCUT2D eigenvalue weighted by Gasteiger charge is 2.23. The summed E-state index contributed by atoms with van der Waals surface area (Å²) in [6.45, 7) is 9.43. The Kier molecular flexibility index (Phi) is 4.97. The van der Waals surface area contributed by atoms with Gasteiger partial charge in [0.25, 0.3) is 0 Å². The van der Waals surface area contributed by atoms with Crippen LogP contribution in [0.3, 0.4) is 0 Å². The van der Waals surface area contributed by atoms with Crippen molar-refractivity contribution in [1.29, 1.82) is 0 Å². The monoisotopic (exact) mass is 237 g/mol. The number of hydrogen-bond donors (Lipinski definition) is 2. The second-order valence-corrected chi connectivity index (χ2v) is 4.74. The minimum absolute atomic E-state index is 0.0612. The molecule has 1 aromatic rings. The molecule has 0 aromatic heterocycles. The summed E-state index contributed by atoms with van der Waals surface area (Å²) in [5.41, 5.74) is 1.99. The predicted octanol–water partition coefficient (Wildman–Crippen LogP) is 2.04. The highest BCUT2D eigenvalue weighted by molar-refractivity contribution is 5.38. The highest BCUT2D eigenvalue weighted by Crippen LogP contribution is 2.21. The molecule has 1 aromatic carbocycles. The molecule has 2 N–H and O–H groups in total. The Balaban J connectivity index is 2.69. The fourth-order valence-electron chi connectivity index (χ4n) is 1.70. The van der Waals surface area contributed by atoms with Crippen LogP contribution in [0.2, 0.25) is 0 Å². The van der Waals surface area contributed by atoms with Crippen molar-refractivity contribution in [3.63, 3.8) is 0 Å².